The normalized spacial score (nSPS) is 17.2. The lowest BCUT2D eigenvalue weighted by atomic mass is 10.1. The van der Waals surface area contributed by atoms with Gasteiger partial charge in [-0.3, -0.25) is 0 Å². The minimum Gasteiger partial charge on any atom is -0.460 e. The van der Waals surface area contributed by atoms with E-state index in [1.807, 2.05) is 4.90 Å². The molecule has 1 aliphatic heterocycles. The van der Waals surface area contributed by atoms with Crippen molar-refractivity contribution in [3.63, 3.8) is 0 Å². The average Bonchev–Trinajstić information content (AvgIpc) is 3.34. The van der Waals surface area contributed by atoms with E-state index < -0.39 is 17.7 Å². The molecule has 146 valence electrons. The molecule has 0 saturated carbocycles. The molecule has 1 aliphatic rings. The predicted octanol–water partition coefficient (Wildman–Crippen LogP) is 2.97. The van der Waals surface area contributed by atoms with Gasteiger partial charge in [-0.1, -0.05) is 6.07 Å². The molecule has 0 aliphatic carbocycles. The zero-order chi connectivity index (χ0) is 19.7. The van der Waals surface area contributed by atoms with Crippen LogP contribution < -0.4 is 4.90 Å². The first-order valence-corrected chi connectivity index (χ1v) is 8.69. The molecule has 3 aromatic rings. The molecule has 7 nitrogen and oxygen atoms in total. The zero-order valence-corrected chi connectivity index (χ0v) is 14.6. The largest absolute Gasteiger partial charge is 0.460 e. The Morgan fingerprint density at radius 2 is 2.11 bits per heavy atom. The fraction of sp³-hybridized carbons (Fsp3) is 0.333. The van der Waals surface area contributed by atoms with E-state index in [1.165, 1.54) is 18.5 Å². The number of hydrogen-bond donors (Lipinski definition) is 0. The average molecular weight is 391 g/mol. The molecule has 1 aromatic carbocycles. The van der Waals surface area contributed by atoms with E-state index in [1.54, 1.807) is 16.8 Å². The van der Waals surface area contributed by atoms with Gasteiger partial charge < -0.3 is 9.64 Å². The lowest BCUT2D eigenvalue weighted by Crippen LogP contribution is -2.35. The van der Waals surface area contributed by atoms with Gasteiger partial charge in [-0.25, -0.2) is 9.78 Å². The molecular formula is C18H16F3N5O2. The molecule has 0 amide bonds. The molecule has 1 unspecified atom stereocenters. The highest BCUT2D eigenvalue weighted by Crippen LogP contribution is 2.30. The molecule has 0 bridgehead atoms. The molecule has 0 spiro atoms. The monoisotopic (exact) mass is 391 g/mol. The van der Waals surface area contributed by atoms with E-state index in [0.29, 0.717) is 5.78 Å². The van der Waals surface area contributed by atoms with E-state index in [2.05, 4.69) is 15.1 Å². The Balaban J connectivity index is 1.47. The van der Waals surface area contributed by atoms with Gasteiger partial charge in [0.1, 0.15) is 18.8 Å². The van der Waals surface area contributed by atoms with Crippen molar-refractivity contribution < 1.29 is 22.7 Å². The Morgan fingerprint density at radius 3 is 2.93 bits per heavy atom. The van der Waals surface area contributed by atoms with Crippen molar-refractivity contribution in [2.24, 2.45) is 0 Å². The maximum Gasteiger partial charge on any atom is 0.416 e. The Bertz CT molecular complexity index is 1000. The number of benzene rings is 1. The number of halogens is 3. The molecule has 2 aromatic heterocycles. The number of esters is 1. The lowest BCUT2D eigenvalue weighted by molar-refractivity contribution is -0.137. The summed E-state index contributed by atoms with van der Waals surface area (Å²) in [6, 6.07) is 5.92. The number of anilines is 1. The third kappa shape index (κ3) is 3.49. The Hall–Kier alpha value is -3.17. The summed E-state index contributed by atoms with van der Waals surface area (Å²) in [5.41, 5.74) is -1.00. The first kappa shape index (κ1) is 18.2. The second-order valence-electron chi connectivity index (χ2n) is 6.44. The van der Waals surface area contributed by atoms with Gasteiger partial charge in [0, 0.05) is 12.7 Å². The third-order valence-electron chi connectivity index (χ3n) is 4.66. The summed E-state index contributed by atoms with van der Waals surface area (Å²) >= 11 is 0. The summed E-state index contributed by atoms with van der Waals surface area (Å²) in [4.78, 5) is 22.5. The standard InChI is InChI=1S/C18H16F3N5O2/c19-18(20,21)13-4-1-3-12(9-13)16(27)28-10-14-5-2-8-25(14)15-6-7-22-17-23-11-24-26(15)17/h1,3-4,6-7,9,11,14H,2,5,8,10H2. The minimum absolute atomic E-state index is 0.0631. The van der Waals surface area contributed by atoms with Gasteiger partial charge in [0.05, 0.1) is 17.2 Å². The van der Waals surface area contributed by atoms with Gasteiger partial charge >= 0.3 is 12.1 Å². The summed E-state index contributed by atoms with van der Waals surface area (Å²) in [5.74, 6) is 0.461. The van der Waals surface area contributed by atoms with Crippen LogP contribution in [0.2, 0.25) is 0 Å². The number of rotatable bonds is 4. The van der Waals surface area contributed by atoms with Crippen LogP contribution in [-0.4, -0.2) is 44.7 Å². The number of ether oxygens (including phenoxy) is 1. The van der Waals surface area contributed by atoms with Gasteiger partial charge in [-0.2, -0.15) is 27.8 Å². The molecule has 1 atom stereocenters. The van der Waals surface area contributed by atoms with Crippen LogP contribution in [-0.2, 0) is 10.9 Å². The fourth-order valence-corrected chi connectivity index (χ4v) is 3.33. The van der Waals surface area contributed by atoms with Gasteiger partial charge in [-0.05, 0) is 37.1 Å². The van der Waals surface area contributed by atoms with Crippen molar-refractivity contribution in [2.45, 2.75) is 25.1 Å². The van der Waals surface area contributed by atoms with Gasteiger partial charge in [-0.15, -0.1) is 0 Å². The van der Waals surface area contributed by atoms with E-state index in [9.17, 15) is 18.0 Å². The maximum absolute atomic E-state index is 12.8. The van der Waals surface area contributed by atoms with E-state index >= 15 is 0 Å². The molecule has 0 N–H and O–H groups in total. The summed E-state index contributed by atoms with van der Waals surface area (Å²) in [6.07, 6.45) is 0.204. The van der Waals surface area contributed by atoms with Crippen LogP contribution in [0.25, 0.3) is 5.78 Å². The highest BCUT2D eigenvalue weighted by molar-refractivity contribution is 5.89. The van der Waals surface area contributed by atoms with Crippen molar-refractivity contribution in [1.29, 1.82) is 0 Å². The summed E-state index contributed by atoms with van der Waals surface area (Å²) in [7, 11) is 0. The van der Waals surface area contributed by atoms with Crippen LogP contribution in [0.5, 0.6) is 0 Å². The summed E-state index contributed by atoms with van der Waals surface area (Å²) in [6.45, 7) is 0.804. The van der Waals surface area contributed by atoms with Gasteiger partial charge in [0.2, 0.25) is 0 Å². The Morgan fingerprint density at radius 1 is 1.25 bits per heavy atom. The van der Waals surface area contributed by atoms with Crippen molar-refractivity contribution in [1.82, 2.24) is 19.6 Å². The molecule has 1 saturated heterocycles. The topological polar surface area (TPSA) is 72.6 Å². The van der Waals surface area contributed by atoms with Crippen LogP contribution >= 0.6 is 0 Å². The second kappa shape index (κ2) is 7.10. The summed E-state index contributed by atoms with van der Waals surface area (Å²) in [5, 5.41) is 4.16. The number of fused-ring (bicyclic) bond motifs is 1. The number of alkyl halides is 3. The minimum atomic E-state index is -4.51. The highest BCUT2D eigenvalue weighted by Gasteiger charge is 2.32. The number of nitrogens with zero attached hydrogens (tertiary/aromatic N) is 5. The second-order valence-corrected chi connectivity index (χ2v) is 6.44. The molecule has 1 fully saturated rings. The molecular weight excluding hydrogens is 375 g/mol. The number of hydrogen-bond acceptors (Lipinski definition) is 6. The van der Waals surface area contributed by atoms with Crippen molar-refractivity contribution in [3.05, 3.63) is 54.0 Å². The van der Waals surface area contributed by atoms with Gasteiger partial charge in [0.25, 0.3) is 5.78 Å². The summed E-state index contributed by atoms with van der Waals surface area (Å²) < 4.78 is 45.4. The van der Waals surface area contributed by atoms with Crippen LogP contribution in [0, 0.1) is 0 Å². The Kier molecular flexibility index (Phi) is 4.62. The quantitative estimate of drug-likeness (QED) is 0.637. The van der Waals surface area contributed by atoms with E-state index in [4.69, 9.17) is 4.74 Å². The van der Waals surface area contributed by atoms with Crippen molar-refractivity contribution >= 4 is 17.6 Å². The van der Waals surface area contributed by atoms with Crippen LogP contribution in [0.1, 0.15) is 28.8 Å². The zero-order valence-electron chi connectivity index (χ0n) is 14.6. The number of carbonyl (C=O) groups is 1. The van der Waals surface area contributed by atoms with E-state index in [-0.39, 0.29) is 18.2 Å². The highest BCUT2D eigenvalue weighted by atomic mass is 19.4. The van der Waals surface area contributed by atoms with Crippen LogP contribution in [0.3, 0.4) is 0 Å². The first-order valence-electron chi connectivity index (χ1n) is 8.69. The van der Waals surface area contributed by atoms with Crippen LogP contribution in [0.4, 0.5) is 19.0 Å². The molecule has 28 heavy (non-hydrogen) atoms. The van der Waals surface area contributed by atoms with Crippen molar-refractivity contribution in [2.75, 3.05) is 18.1 Å². The number of aromatic nitrogens is 4. The third-order valence-corrected chi connectivity index (χ3v) is 4.66. The maximum atomic E-state index is 12.8. The molecule has 3 heterocycles. The first-order chi connectivity index (χ1) is 13.4. The van der Waals surface area contributed by atoms with Crippen LogP contribution in [0.15, 0.2) is 42.9 Å². The molecule has 0 radical (unpaired) electrons. The van der Waals surface area contributed by atoms with Gasteiger partial charge in [0.15, 0.2) is 0 Å². The lowest BCUT2D eigenvalue weighted by Gasteiger charge is -2.26. The van der Waals surface area contributed by atoms with Crippen molar-refractivity contribution in [3.8, 4) is 0 Å². The number of carbonyl (C=O) groups excluding carboxylic acids is 1. The predicted molar refractivity (Wildman–Crippen MR) is 92.9 cm³/mol. The smallest absolute Gasteiger partial charge is 0.416 e. The molecule has 10 heteroatoms. The van der Waals surface area contributed by atoms with E-state index in [0.717, 1.165) is 37.3 Å². The molecule has 4 rings (SSSR count). The SMILES string of the molecule is O=C(OCC1CCCN1c1ccnc2ncnn12)c1cccc(C(F)(F)F)c1. The Labute approximate surface area is 157 Å². The fourth-order valence-electron chi connectivity index (χ4n) is 3.33.